The minimum Gasteiger partial charge on any atom is -0.496 e. The Kier molecular flexibility index (Phi) is 8.19. The minimum atomic E-state index is 0.685. The molecule has 8 nitrogen and oxygen atoms in total. The summed E-state index contributed by atoms with van der Waals surface area (Å²) in [5, 5.41) is 6.74. The monoisotopic (exact) mass is 439 g/mol. The molecule has 0 unspecified atom stereocenters. The van der Waals surface area contributed by atoms with Crippen LogP contribution in [0.15, 0.2) is 41.4 Å². The molecule has 0 radical (unpaired) electrons. The molecule has 1 heterocycles. The fourth-order valence-corrected chi connectivity index (χ4v) is 3.77. The molecule has 3 aromatic rings. The number of rotatable bonds is 10. The molecule has 0 saturated heterocycles. The third kappa shape index (κ3) is 5.43. The van der Waals surface area contributed by atoms with Crippen molar-refractivity contribution in [2.45, 2.75) is 26.3 Å². The molecule has 0 saturated carbocycles. The standard InChI is InChI=1S/C24H33N5O3/c1-17-28-20-9-6-7-10-21(20)29(17)14-8-12-26-24(25-2)27-13-11-19-22(31-4)15-18(30-3)16-23(19)32-5/h6-7,9-10,15-16H,8,11-14H2,1-5H3,(H2,25,26,27). The Hall–Kier alpha value is -3.42. The zero-order valence-corrected chi connectivity index (χ0v) is 19.6. The largest absolute Gasteiger partial charge is 0.496 e. The predicted molar refractivity (Wildman–Crippen MR) is 128 cm³/mol. The second-order valence-corrected chi connectivity index (χ2v) is 7.34. The number of para-hydroxylation sites is 2. The molecule has 172 valence electrons. The third-order valence-electron chi connectivity index (χ3n) is 5.40. The van der Waals surface area contributed by atoms with Crippen LogP contribution in [0, 0.1) is 6.92 Å². The van der Waals surface area contributed by atoms with Crippen LogP contribution in [0.3, 0.4) is 0 Å². The fraction of sp³-hybridized carbons (Fsp3) is 0.417. The molecular formula is C24H33N5O3. The molecule has 8 heteroatoms. The first-order chi connectivity index (χ1) is 15.6. The molecule has 0 bridgehead atoms. The number of guanidine groups is 1. The van der Waals surface area contributed by atoms with E-state index in [0.29, 0.717) is 12.3 Å². The highest BCUT2D eigenvalue weighted by molar-refractivity contribution is 5.79. The Labute approximate surface area is 189 Å². The first-order valence-corrected chi connectivity index (χ1v) is 10.8. The van der Waals surface area contributed by atoms with Crippen LogP contribution in [0.1, 0.15) is 17.8 Å². The van der Waals surface area contributed by atoms with Crippen LogP contribution >= 0.6 is 0 Å². The Balaban J connectivity index is 1.50. The smallest absolute Gasteiger partial charge is 0.190 e. The summed E-state index contributed by atoms with van der Waals surface area (Å²) in [6.45, 7) is 4.44. The Bertz CT molecular complexity index is 1040. The zero-order chi connectivity index (χ0) is 22.9. The van der Waals surface area contributed by atoms with Gasteiger partial charge in [-0.05, 0) is 31.9 Å². The second kappa shape index (κ2) is 11.3. The Morgan fingerprint density at radius 2 is 1.69 bits per heavy atom. The van der Waals surface area contributed by atoms with E-state index in [4.69, 9.17) is 14.2 Å². The first-order valence-electron chi connectivity index (χ1n) is 10.8. The average Bonchev–Trinajstić information content (AvgIpc) is 3.15. The lowest BCUT2D eigenvalue weighted by atomic mass is 10.1. The van der Waals surface area contributed by atoms with Crippen LogP contribution in [0.5, 0.6) is 17.2 Å². The van der Waals surface area contributed by atoms with Gasteiger partial charge in [0, 0.05) is 44.4 Å². The molecule has 2 N–H and O–H groups in total. The molecule has 1 aromatic heterocycles. The topological polar surface area (TPSA) is 81.9 Å². The minimum absolute atomic E-state index is 0.685. The molecular weight excluding hydrogens is 406 g/mol. The maximum atomic E-state index is 5.53. The van der Waals surface area contributed by atoms with E-state index in [2.05, 4.69) is 50.3 Å². The third-order valence-corrected chi connectivity index (χ3v) is 5.40. The summed E-state index contributed by atoms with van der Waals surface area (Å²) in [4.78, 5) is 8.96. The van der Waals surface area contributed by atoms with Crippen LogP contribution in [-0.4, -0.2) is 57.0 Å². The highest BCUT2D eigenvalue weighted by Crippen LogP contribution is 2.34. The van der Waals surface area contributed by atoms with E-state index in [9.17, 15) is 0 Å². The number of hydrogen-bond acceptors (Lipinski definition) is 5. The van der Waals surface area contributed by atoms with Crippen LogP contribution < -0.4 is 24.8 Å². The molecule has 0 atom stereocenters. The van der Waals surface area contributed by atoms with E-state index in [1.165, 1.54) is 5.52 Å². The summed E-state index contributed by atoms with van der Waals surface area (Å²) in [6.07, 6.45) is 1.68. The number of fused-ring (bicyclic) bond motifs is 1. The van der Waals surface area contributed by atoms with Gasteiger partial charge in [-0.25, -0.2) is 4.98 Å². The molecule has 0 amide bonds. The number of imidazole rings is 1. The number of methoxy groups -OCH3 is 3. The van der Waals surface area contributed by atoms with Gasteiger partial charge < -0.3 is 29.4 Å². The van der Waals surface area contributed by atoms with E-state index < -0.39 is 0 Å². The molecule has 32 heavy (non-hydrogen) atoms. The van der Waals surface area contributed by atoms with Crippen LogP contribution in [0.25, 0.3) is 11.0 Å². The van der Waals surface area contributed by atoms with E-state index in [0.717, 1.165) is 60.3 Å². The summed E-state index contributed by atoms with van der Waals surface area (Å²) < 4.78 is 18.6. The normalized spacial score (nSPS) is 11.5. The van der Waals surface area contributed by atoms with E-state index in [1.54, 1.807) is 28.4 Å². The maximum absolute atomic E-state index is 5.53. The molecule has 0 fully saturated rings. The number of aromatic nitrogens is 2. The molecule has 2 aromatic carbocycles. The second-order valence-electron chi connectivity index (χ2n) is 7.34. The molecule has 0 spiro atoms. The van der Waals surface area contributed by atoms with Crippen molar-refractivity contribution in [2.24, 2.45) is 4.99 Å². The van der Waals surface area contributed by atoms with Gasteiger partial charge >= 0.3 is 0 Å². The average molecular weight is 440 g/mol. The summed E-state index contributed by atoms with van der Waals surface area (Å²) in [6, 6.07) is 12.0. The number of aliphatic imine (C=N–C) groups is 1. The van der Waals surface area contributed by atoms with Crippen LogP contribution in [0.4, 0.5) is 0 Å². The van der Waals surface area contributed by atoms with Gasteiger partial charge in [0.25, 0.3) is 0 Å². The van der Waals surface area contributed by atoms with Crippen molar-refractivity contribution < 1.29 is 14.2 Å². The van der Waals surface area contributed by atoms with Gasteiger partial charge in [-0.15, -0.1) is 0 Å². The number of ether oxygens (including phenoxy) is 3. The van der Waals surface area contributed by atoms with Gasteiger partial charge in [0.15, 0.2) is 5.96 Å². The van der Waals surface area contributed by atoms with Crippen molar-refractivity contribution in [1.82, 2.24) is 20.2 Å². The van der Waals surface area contributed by atoms with E-state index in [-0.39, 0.29) is 0 Å². The quantitative estimate of drug-likeness (QED) is 0.287. The summed E-state index contributed by atoms with van der Waals surface area (Å²) in [7, 11) is 6.70. The molecule has 3 rings (SSSR count). The van der Waals surface area contributed by atoms with Crippen molar-refractivity contribution >= 4 is 17.0 Å². The van der Waals surface area contributed by atoms with Crippen LogP contribution in [-0.2, 0) is 13.0 Å². The lowest BCUT2D eigenvalue weighted by Crippen LogP contribution is -2.39. The van der Waals surface area contributed by atoms with Gasteiger partial charge in [-0.2, -0.15) is 0 Å². The summed E-state index contributed by atoms with van der Waals surface area (Å²) in [5.74, 6) is 4.00. The van der Waals surface area contributed by atoms with Crippen molar-refractivity contribution in [1.29, 1.82) is 0 Å². The summed E-state index contributed by atoms with van der Waals surface area (Å²) >= 11 is 0. The van der Waals surface area contributed by atoms with Gasteiger partial charge in [-0.1, -0.05) is 12.1 Å². The fourth-order valence-electron chi connectivity index (χ4n) is 3.77. The van der Waals surface area contributed by atoms with E-state index >= 15 is 0 Å². The van der Waals surface area contributed by atoms with E-state index in [1.807, 2.05) is 18.2 Å². The number of aryl methyl sites for hydroxylation is 2. The van der Waals surface area contributed by atoms with Crippen molar-refractivity contribution in [2.75, 3.05) is 41.5 Å². The maximum Gasteiger partial charge on any atom is 0.190 e. The highest BCUT2D eigenvalue weighted by atomic mass is 16.5. The summed E-state index contributed by atoms with van der Waals surface area (Å²) in [5.41, 5.74) is 3.20. The predicted octanol–water partition coefficient (Wildman–Crippen LogP) is 3.17. The Morgan fingerprint density at radius 3 is 2.34 bits per heavy atom. The first kappa shape index (κ1) is 23.2. The van der Waals surface area contributed by atoms with Gasteiger partial charge in [0.2, 0.25) is 0 Å². The Morgan fingerprint density at radius 1 is 1.00 bits per heavy atom. The number of hydrogen-bond donors (Lipinski definition) is 2. The van der Waals surface area contributed by atoms with Crippen LogP contribution in [0.2, 0.25) is 0 Å². The van der Waals surface area contributed by atoms with Gasteiger partial charge in [-0.3, -0.25) is 4.99 Å². The number of nitrogens with zero attached hydrogens (tertiary/aromatic N) is 3. The van der Waals surface area contributed by atoms with Gasteiger partial charge in [0.05, 0.1) is 32.4 Å². The van der Waals surface area contributed by atoms with Gasteiger partial charge in [0.1, 0.15) is 23.1 Å². The number of benzene rings is 2. The van der Waals surface area contributed by atoms with Crippen molar-refractivity contribution in [3.63, 3.8) is 0 Å². The van der Waals surface area contributed by atoms with Crippen molar-refractivity contribution in [3.05, 3.63) is 47.8 Å². The molecule has 0 aliphatic heterocycles. The lowest BCUT2D eigenvalue weighted by molar-refractivity contribution is 0.368. The number of nitrogens with one attached hydrogen (secondary N) is 2. The SMILES string of the molecule is CN=C(NCCCn1c(C)nc2ccccc21)NCCc1c(OC)cc(OC)cc1OC. The molecule has 0 aliphatic rings. The lowest BCUT2D eigenvalue weighted by Gasteiger charge is -2.16. The van der Waals surface area contributed by atoms with Crippen molar-refractivity contribution in [3.8, 4) is 17.2 Å². The highest BCUT2D eigenvalue weighted by Gasteiger charge is 2.13. The zero-order valence-electron chi connectivity index (χ0n) is 19.6. The molecule has 0 aliphatic carbocycles.